The van der Waals surface area contributed by atoms with Crippen LogP contribution in [-0.4, -0.2) is 37.8 Å². The molecule has 0 saturated heterocycles. The van der Waals surface area contributed by atoms with Gasteiger partial charge in [0.1, 0.15) is 0 Å². The summed E-state index contributed by atoms with van der Waals surface area (Å²) in [5.74, 6) is 0. The molecule has 0 heterocycles. The highest BCUT2D eigenvalue weighted by Crippen LogP contribution is 0.759. The van der Waals surface area contributed by atoms with Gasteiger partial charge < -0.3 is 5.48 Å². The van der Waals surface area contributed by atoms with Gasteiger partial charge in [-0.25, -0.2) is 0 Å². The Morgan fingerprint density at radius 3 is 1.20 bits per heavy atom. The zero-order valence-electron chi connectivity index (χ0n) is 1.82. The average molecular weight is 104 g/mol. The molecule has 0 aliphatic heterocycles. The van der Waals surface area contributed by atoms with Gasteiger partial charge in [0.25, 0.3) is 0 Å². The standard InChI is InChI=1S/Mg.O2Si.H2O.2H/c;1-3-2;;;/h;;1H2;;. The molecule has 0 amide bonds. The highest BCUT2D eigenvalue weighted by molar-refractivity contribution is 5.94. The maximum Gasteiger partial charge on any atom is 0.549 e. The molecule has 0 aromatic heterocycles. The highest BCUT2D eigenvalue weighted by atomic mass is 28.2. The Morgan fingerprint density at radius 1 is 1.20 bits per heavy atom. The summed E-state index contributed by atoms with van der Waals surface area (Å²) in [4.78, 5) is 0. The molecule has 5 heavy (non-hydrogen) atoms. The second-order valence-electron chi connectivity index (χ2n) is 0.0833. The molecular weight excluding hydrogens is 100 g/mol. The summed E-state index contributed by atoms with van der Waals surface area (Å²) >= 11 is 0. The molecule has 0 radical (unpaired) electrons. The molecule has 0 aromatic rings. The summed E-state index contributed by atoms with van der Waals surface area (Å²) in [7, 11) is -1.42. The van der Waals surface area contributed by atoms with E-state index in [-0.39, 0.29) is 28.5 Å². The normalized spacial score (nSPS) is 1.60. The van der Waals surface area contributed by atoms with Crippen LogP contribution in [0.3, 0.4) is 0 Å². The largest absolute Gasteiger partial charge is 0.549 e. The van der Waals surface area contributed by atoms with Crippen LogP contribution in [-0.2, 0) is 8.92 Å². The van der Waals surface area contributed by atoms with E-state index in [4.69, 9.17) is 8.92 Å². The number of hydrogen-bond donors (Lipinski definition) is 0. The molecule has 0 aliphatic carbocycles. The van der Waals surface area contributed by atoms with Crippen LogP contribution in [0.2, 0.25) is 0 Å². The third-order valence-electron chi connectivity index (χ3n) is 0. The lowest BCUT2D eigenvalue weighted by Gasteiger charge is -0.944. The maximum absolute atomic E-state index is 8.40. The highest BCUT2D eigenvalue weighted by Gasteiger charge is 1.22. The first kappa shape index (κ1) is 17.7. The summed E-state index contributed by atoms with van der Waals surface area (Å²) in [6.45, 7) is 0. The lowest BCUT2D eigenvalue weighted by atomic mass is 15.9. The van der Waals surface area contributed by atoms with Crippen molar-refractivity contribution in [3.8, 4) is 0 Å². The molecule has 0 fully saturated rings. The summed E-state index contributed by atoms with van der Waals surface area (Å²) in [5.41, 5.74) is 0. The van der Waals surface area contributed by atoms with Crippen LogP contribution in [0.15, 0.2) is 0 Å². The molecule has 0 rings (SSSR count). The van der Waals surface area contributed by atoms with Gasteiger partial charge in [-0.3, -0.25) is 8.92 Å². The third kappa shape index (κ3) is 99.6. The van der Waals surface area contributed by atoms with Crippen molar-refractivity contribution in [3.05, 3.63) is 0 Å². The van der Waals surface area contributed by atoms with Gasteiger partial charge in [0.2, 0.25) is 0 Å². The van der Waals surface area contributed by atoms with Crippen LogP contribution in [0.1, 0.15) is 0 Å². The third-order valence-corrected chi connectivity index (χ3v) is 0. The number of hydrogen-bond acceptors (Lipinski definition) is 2. The maximum atomic E-state index is 8.40. The fourth-order valence-corrected chi connectivity index (χ4v) is 0. The van der Waals surface area contributed by atoms with Crippen LogP contribution in [0, 0.1) is 0 Å². The lowest BCUT2D eigenvalue weighted by Crippen LogP contribution is -1.26. The predicted octanol–water partition coefficient (Wildman–Crippen LogP) is -2.36. The second-order valence-corrected chi connectivity index (χ2v) is 0.250. The van der Waals surface area contributed by atoms with Gasteiger partial charge in [-0.05, 0) is 0 Å². The monoisotopic (exact) mass is 104 g/mol. The van der Waals surface area contributed by atoms with E-state index >= 15 is 0 Å². The van der Waals surface area contributed by atoms with Crippen molar-refractivity contribution >= 4 is 32.3 Å². The molecular formula is H4MgO3Si. The molecule has 28 valence electrons. The van der Waals surface area contributed by atoms with Crippen LogP contribution in [0.5, 0.6) is 0 Å². The Morgan fingerprint density at radius 2 is 1.20 bits per heavy atom. The first-order valence-corrected chi connectivity index (χ1v) is 1.22. The van der Waals surface area contributed by atoms with Gasteiger partial charge in [-0.15, -0.1) is 0 Å². The van der Waals surface area contributed by atoms with E-state index in [9.17, 15) is 0 Å². The molecule has 3 nitrogen and oxygen atoms in total. The molecule has 0 bridgehead atoms. The van der Waals surface area contributed by atoms with Crippen molar-refractivity contribution in [1.29, 1.82) is 0 Å². The van der Waals surface area contributed by atoms with E-state index in [0.717, 1.165) is 0 Å². The molecule has 0 aliphatic rings. The van der Waals surface area contributed by atoms with E-state index in [1.54, 1.807) is 0 Å². The minimum Gasteiger partial charge on any atom is -0.412 e. The Balaban J connectivity index is -0.0000000200. The van der Waals surface area contributed by atoms with Gasteiger partial charge in [0, 0.05) is 0 Å². The van der Waals surface area contributed by atoms with Crippen LogP contribution >= 0.6 is 0 Å². The van der Waals surface area contributed by atoms with E-state index in [1.807, 2.05) is 0 Å². The molecule has 0 unspecified atom stereocenters. The van der Waals surface area contributed by atoms with Gasteiger partial charge in [-0.2, -0.15) is 0 Å². The zero-order chi connectivity index (χ0) is 2.71. The van der Waals surface area contributed by atoms with E-state index in [2.05, 4.69) is 0 Å². The van der Waals surface area contributed by atoms with E-state index in [1.165, 1.54) is 0 Å². The Hall–Kier alpha value is 0.543. The molecule has 0 spiro atoms. The van der Waals surface area contributed by atoms with Crippen molar-refractivity contribution in [2.45, 2.75) is 0 Å². The SMILES string of the molecule is O.O=[Si]=O.[MgH2]. The quantitative estimate of drug-likeness (QED) is 0.323. The Bertz CT molecular complexity index is 27.9. The minimum atomic E-state index is -1.42. The second kappa shape index (κ2) is 24.0. The first-order chi connectivity index (χ1) is 1.41. The minimum absolute atomic E-state index is 0. The molecule has 5 heteroatoms. The fraction of sp³-hybridized carbons (Fsp3) is 0. The van der Waals surface area contributed by atoms with Crippen molar-refractivity contribution in [2.75, 3.05) is 0 Å². The topological polar surface area (TPSA) is 65.6 Å². The smallest absolute Gasteiger partial charge is 0.412 e. The first-order valence-electron chi connectivity index (χ1n) is 0.408. The van der Waals surface area contributed by atoms with Crippen molar-refractivity contribution < 1.29 is 14.4 Å². The zero-order valence-corrected chi connectivity index (χ0v) is 2.82. The summed E-state index contributed by atoms with van der Waals surface area (Å²) < 4.78 is 16.8. The van der Waals surface area contributed by atoms with Gasteiger partial charge in [-0.1, -0.05) is 0 Å². The Labute approximate surface area is 47.2 Å². The molecule has 0 atom stereocenters. The predicted molar refractivity (Wildman–Crippen MR) is 19.3 cm³/mol. The average Bonchev–Trinajstić information content (AvgIpc) is 0.918. The Kier molecular flexibility index (Phi) is 84.7. The number of rotatable bonds is 0. The molecule has 0 saturated carbocycles. The lowest BCUT2D eigenvalue weighted by molar-refractivity contribution is 0.497. The molecule has 2 N–H and O–H groups in total. The summed E-state index contributed by atoms with van der Waals surface area (Å²) in [6, 6.07) is 0. The van der Waals surface area contributed by atoms with Crippen LogP contribution in [0.25, 0.3) is 0 Å². The molecule has 0 aromatic carbocycles. The van der Waals surface area contributed by atoms with Crippen LogP contribution in [0.4, 0.5) is 0 Å². The van der Waals surface area contributed by atoms with Crippen LogP contribution < -0.4 is 0 Å². The summed E-state index contributed by atoms with van der Waals surface area (Å²) in [5, 5.41) is 0. The van der Waals surface area contributed by atoms with Crippen molar-refractivity contribution in [2.24, 2.45) is 0 Å². The van der Waals surface area contributed by atoms with Gasteiger partial charge >= 0.3 is 32.3 Å². The van der Waals surface area contributed by atoms with E-state index in [0.29, 0.717) is 0 Å². The van der Waals surface area contributed by atoms with Crippen molar-refractivity contribution in [3.63, 3.8) is 0 Å². The fourth-order valence-electron chi connectivity index (χ4n) is 0. The van der Waals surface area contributed by atoms with Gasteiger partial charge in [0.05, 0.1) is 0 Å². The van der Waals surface area contributed by atoms with E-state index < -0.39 is 9.29 Å². The van der Waals surface area contributed by atoms with Gasteiger partial charge in [0.15, 0.2) is 0 Å². The summed E-state index contributed by atoms with van der Waals surface area (Å²) in [6.07, 6.45) is 0. The van der Waals surface area contributed by atoms with Crippen molar-refractivity contribution in [1.82, 2.24) is 0 Å².